The molecule has 1 amide bonds. The molecule has 0 radical (unpaired) electrons. The van der Waals surface area contributed by atoms with Crippen molar-refractivity contribution in [3.05, 3.63) is 95.6 Å². The van der Waals surface area contributed by atoms with Crippen LogP contribution in [0.4, 0.5) is 5.69 Å². The van der Waals surface area contributed by atoms with Crippen molar-refractivity contribution in [1.82, 2.24) is 4.72 Å². The van der Waals surface area contributed by atoms with Gasteiger partial charge in [0, 0.05) is 18.2 Å². The van der Waals surface area contributed by atoms with E-state index in [2.05, 4.69) is 10.0 Å². The topological polar surface area (TPSA) is 99.1 Å². The summed E-state index contributed by atoms with van der Waals surface area (Å²) in [6.45, 7) is 1.80. The molecule has 2 N–H and O–H groups in total. The van der Waals surface area contributed by atoms with E-state index in [0.29, 0.717) is 17.7 Å². The molecule has 3 rings (SSSR count). The van der Waals surface area contributed by atoms with E-state index in [-0.39, 0.29) is 23.3 Å². The van der Waals surface area contributed by atoms with Crippen LogP contribution in [0.15, 0.2) is 83.8 Å². The summed E-state index contributed by atoms with van der Waals surface area (Å²) in [7, 11) is -3.66. The van der Waals surface area contributed by atoms with Crippen LogP contribution in [0.3, 0.4) is 0 Å². The van der Waals surface area contributed by atoms with Crippen molar-refractivity contribution in [2.75, 3.05) is 5.32 Å². The Balaban J connectivity index is 1.57. The zero-order valence-corrected chi connectivity index (χ0v) is 17.9. The van der Waals surface area contributed by atoms with Crippen LogP contribution in [0.1, 0.15) is 36.1 Å². The molecule has 158 valence electrons. The highest BCUT2D eigenvalue weighted by Crippen LogP contribution is 2.18. The van der Waals surface area contributed by atoms with Crippen LogP contribution >= 0.6 is 0 Å². The summed E-state index contributed by atoms with van der Waals surface area (Å²) in [6.07, 6.45) is 0.712. The SMILES string of the molecule is CC(NS(=O)(=O)c1ccc(CCC(=O)Nc2cccc(C#N)c2)cc1)c1ccccc1. The lowest BCUT2D eigenvalue weighted by Crippen LogP contribution is -2.26. The van der Waals surface area contributed by atoms with Gasteiger partial charge in [0.2, 0.25) is 15.9 Å². The second-order valence-corrected chi connectivity index (χ2v) is 8.85. The van der Waals surface area contributed by atoms with E-state index < -0.39 is 10.0 Å². The molecule has 3 aromatic carbocycles. The molecule has 31 heavy (non-hydrogen) atoms. The smallest absolute Gasteiger partial charge is 0.241 e. The predicted molar refractivity (Wildman–Crippen MR) is 120 cm³/mol. The van der Waals surface area contributed by atoms with Crippen LogP contribution in [0.5, 0.6) is 0 Å². The second-order valence-electron chi connectivity index (χ2n) is 7.14. The normalized spacial score (nSPS) is 12.0. The molecule has 0 saturated heterocycles. The molecule has 0 bridgehead atoms. The number of nitrogens with one attached hydrogen (secondary N) is 2. The summed E-state index contributed by atoms with van der Waals surface area (Å²) in [4.78, 5) is 12.3. The van der Waals surface area contributed by atoms with E-state index in [1.165, 1.54) is 0 Å². The first-order chi connectivity index (χ1) is 14.9. The molecule has 0 fully saturated rings. The van der Waals surface area contributed by atoms with Gasteiger partial charge in [-0.3, -0.25) is 4.79 Å². The van der Waals surface area contributed by atoms with Gasteiger partial charge >= 0.3 is 0 Å². The Labute approximate surface area is 182 Å². The van der Waals surface area contributed by atoms with Gasteiger partial charge in [0.15, 0.2) is 0 Å². The highest BCUT2D eigenvalue weighted by molar-refractivity contribution is 7.89. The van der Waals surface area contributed by atoms with E-state index in [4.69, 9.17) is 5.26 Å². The number of sulfonamides is 1. The number of nitrogens with zero attached hydrogens (tertiary/aromatic N) is 1. The summed E-state index contributed by atoms with van der Waals surface area (Å²) in [5, 5.41) is 11.7. The van der Waals surface area contributed by atoms with E-state index in [0.717, 1.165) is 11.1 Å². The fraction of sp³-hybridized carbons (Fsp3) is 0.167. The van der Waals surface area contributed by atoms with E-state index in [9.17, 15) is 13.2 Å². The van der Waals surface area contributed by atoms with Gasteiger partial charge in [-0.15, -0.1) is 0 Å². The number of hydrogen-bond donors (Lipinski definition) is 2. The Morgan fingerprint density at radius 1 is 1.00 bits per heavy atom. The van der Waals surface area contributed by atoms with Crippen molar-refractivity contribution in [1.29, 1.82) is 5.26 Å². The molecule has 1 unspecified atom stereocenters. The fourth-order valence-corrected chi connectivity index (χ4v) is 4.33. The summed E-state index contributed by atoms with van der Waals surface area (Å²) in [5.41, 5.74) is 2.79. The van der Waals surface area contributed by atoms with Gasteiger partial charge < -0.3 is 5.32 Å². The van der Waals surface area contributed by atoms with E-state index in [1.807, 2.05) is 36.4 Å². The number of carbonyl (C=O) groups is 1. The first kappa shape index (κ1) is 22.2. The second kappa shape index (κ2) is 10.0. The lowest BCUT2D eigenvalue weighted by Gasteiger charge is -2.15. The number of anilines is 1. The quantitative estimate of drug-likeness (QED) is 0.557. The summed E-state index contributed by atoms with van der Waals surface area (Å²) in [5.74, 6) is -0.176. The van der Waals surface area contributed by atoms with Gasteiger partial charge in [-0.25, -0.2) is 13.1 Å². The maximum absolute atomic E-state index is 12.7. The largest absolute Gasteiger partial charge is 0.326 e. The molecule has 0 aliphatic carbocycles. The molecule has 0 spiro atoms. The van der Waals surface area contributed by atoms with Crippen molar-refractivity contribution >= 4 is 21.6 Å². The third-order valence-electron chi connectivity index (χ3n) is 4.78. The summed E-state index contributed by atoms with van der Waals surface area (Å²) < 4.78 is 28.0. The zero-order valence-electron chi connectivity index (χ0n) is 17.1. The third kappa shape index (κ3) is 6.25. The Morgan fingerprint density at radius 3 is 2.39 bits per heavy atom. The van der Waals surface area contributed by atoms with Crippen LogP contribution < -0.4 is 10.0 Å². The number of nitriles is 1. The Bertz CT molecular complexity index is 1180. The van der Waals surface area contributed by atoms with Crippen molar-refractivity contribution in [3.8, 4) is 6.07 Å². The molecule has 0 aliphatic rings. The average molecular weight is 434 g/mol. The maximum atomic E-state index is 12.7. The molecule has 0 heterocycles. The Morgan fingerprint density at radius 2 is 1.71 bits per heavy atom. The number of rotatable bonds is 8. The standard InChI is InChI=1S/C24H23N3O3S/c1-18(21-7-3-2-4-8-21)27-31(29,30)23-13-10-19(11-14-23)12-15-24(28)26-22-9-5-6-20(16-22)17-25/h2-11,13-14,16,18,27H,12,15H2,1H3,(H,26,28). The first-order valence-electron chi connectivity index (χ1n) is 9.83. The van der Waals surface area contributed by atoms with Crippen LogP contribution in [0.2, 0.25) is 0 Å². The highest BCUT2D eigenvalue weighted by atomic mass is 32.2. The van der Waals surface area contributed by atoms with Crippen molar-refractivity contribution in [2.45, 2.75) is 30.7 Å². The van der Waals surface area contributed by atoms with Gasteiger partial charge in [0.25, 0.3) is 0 Å². The Hall–Kier alpha value is -3.47. The van der Waals surface area contributed by atoms with Crippen molar-refractivity contribution in [3.63, 3.8) is 0 Å². The van der Waals surface area contributed by atoms with Gasteiger partial charge in [-0.1, -0.05) is 48.5 Å². The lowest BCUT2D eigenvalue weighted by molar-refractivity contribution is -0.116. The molecule has 6 nitrogen and oxygen atoms in total. The Kier molecular flexibility index (Phi) is 7.19. The average Bonchev–Trinajstić information content (AvgIpc) is 2.78. The third-order valence-corrected chi connectivity index (χ3v) is 6.34. The molecule has 1 atom stereocenters. The number of benzene rings is 3. The minimum atomic E-state index is -3.66. The van der Waals surface area contributed by atoms with Gasteiger partial charge in [0.05, 0.1) is 16.5 Å². The van der Waals surface area contributed by atoms with Crippen LogP contribution in [-0.4, -0.2) is 14.3 Å². The van der Waals surface area contributed by atoms with Crippen LogP contribution in [-0.2, 0) is 21.2 Å². The molecular formula is C24H23N3O3S. The first-order valence-corrected chi connectivity index (χ1v) is 11.3. The molecule has 0 aliphatic heterocycles. The number of aryl methyl sites for hydroxylation is 1. The number of hydrogen-bond acceptors (Lipinski definition) is 4. The van der Waals surface area contributed by atoms with Gasteiger partial charge in [0.1, 0.15) is 0 Å². The molecule has 7 heteroatoms. The van der Waals surface area contributed by atoms with Gasteiger partial charge in [-0.2, -0.15) is 5.26 Å². The molecular weight excluding hydrogens is 410 g/mol. The molecule has 3 aromatic rings. The summed E-state index contributed by atoms with van der Waals surface area (Å²) >= 11 is 0. The zero-order chi connectivity index (χ0) is 22.3. The fourth-order valence-electron chi connectivity index (χ4n) is 3.09. The number of amides is 1. The van der Waals surface area contributed by atoms with Crippen molar-refractivity contribution < 1.29 is 13.2 Å². The van der Waals surface area contributed by atoms with Crippen molar-refractivity contribution in [2.24, 2.45) is 0 Å². The van der Waals surface area contributed by atoms with Crippen LogP contribution in [0.25, 0.3) is 0 Å². The van der Waals surface area contributed by atoms with Crippen LogP contribution in [0, 0.1) is 11.3 Å². The lowest BCUT2D eigenvalue weighted by atomic mass is 10.1. The monoisotopic (exact) mass is 433 g/mol. The van der Waals surface area contributed by atoms with Gasteiger partial charge in [-0.05, 0) is 54.8 Å². The van der Waals surface area contributed by atoms with E-state index in [1.54, 1.807) is 55.5 Å². The summed E-state index contributed by atoms with van der Waals surface area (Å²) in [6, 6.07) is 24.3. The molecule has 0 aromatic heterocycles. The minimum Gasteiger partial charge on any atom is -0.326 e. The number of carbonyl (C=O) groups excluding carboxylic acids is 1. The maximum Gasteiger partial charge on any atom is 0.241 e. The molecule has 0 saturated carbocycles. The van der Waals surface area contributed by atoms with E-state index >= 15 is 0 Å². The predicted octanol–water partition coefficient (Wildman–Crippen LogP) is 4.17. The minimum absolute atomic E-state index is 0.176. The highest BCUT2D eigenvalue weighted by Gasteiger charge is 2.18.